The average molecular weight is 249 g/mol. The Kier molecular flexibility index (Phi) is 3.61. The molecule has 0 unspecified atom stereocenters. The number of hydrogen-bond donors (Lipinski definition) is 1. The highest BCUT2D eigenvalue weighted by Gasteiger charge is 2.03. The second-order valence-corrected chi connectivity index (χ2v) is 4.14. The Morgan fingerprint density at radius 2 is 2.00 bits per heavy atom. The summed E-state index contributed by atoms with van der Waals surface area (Å²) >= 11 is 5.92. The van der Waals surface area contributed by atoms with E-state index < -0.39 is 0 Å². The number of nitrogens with two attached hydrogens (primary N) is 1. The molecule has 2 N–H and O–H groups in total. The highest BCUT2D eigenvalue weighted by molar-refractivity contribution is 6.31. The van der Waals surface area contributed by atoms with Crippen molar-refractivity contribution in [2.75, 3.05) is 0 Å². The quantitative estimate of drug-likeness (QED) is 0.907. The van der Waals surface area contributed by atoms with E-state index in [-0.39, 0.29) is 0 Å². The third-order valence-corrected chi connectivity index (χ3v) is 2.71. The van der Waals surface area contributed by atoms with Crippen LogP contribution in [0.2, 0.25) is 5.02 Å². The molecule has 0 aliphatic rings. The van der Waals surface area contributed by atoms with Crippen molar-refractivity contribution in [2.45, 2.75) is 13.5 Å². The Labute approximate surface area is 105 Å². The molecule has 0 radical (unpaired) electrons. The molecule has 0 saturated heterocycles. The van der Waals surface area contributed by atoms with Gasteiger partial charge in [0.1, 0.15) is 5.75 Å². The van der Waals surface area contributed by atoms with Crippen molar-refractivity contribution in [2.24, 2.45) is 5.73 Å². The molecule has 0 amide bonds. The molecule has 17 heavy (non-hydrogen) atoms. The Bertz CT molecular complexity index is 511. The summed E-state index contributed by atoms with van der Waals surface area (Å²) in [5.74, 6) is 1.24. The van der Waals surface area contributed by atoms with Crippen LogP contribution < -0.4 is 10.5 Å². The zero-order valence-electron chi connectivity index (χ0n) is 9.48. The summed E-state index contributed by atoms with van der Waals surface area (Å²) in [6, 6.07) is 9.51. The first-order valence-corrected chi connectivity index (χ1v) is 5.66. The lowest BCUT2D eigenvalue weighted by molar-refractivity contribution is 0.462. The van der Waals surface area contributed by atoms with E-state index in [4.69, 9.17) is 22.1 Å². The maximum absolute atomic E-state index is 5.92. The Morgan fingerprint density at radius 1 is 1.29 bits per heavy atom. The highest BCUT2D eigenvalue weighted by Crippen LogP contribution is 2.23. The molecule has 0 aliphatic heterocycles. The Balaban J connectivity index is 2.21. The second kappa shape index (κ2) is 5.17. The average Bonchev–Trinajstić information content (AvgIpc) is 2.34. The summed E-state index contributed by atoms with van der Waals surface area (Å²) in [6.45, 7) is 2.39. The van der Waals surface area contributed by atoms with Gasteiger partial charge in [0.25, 0.3) is 0 Å². The van der Waals surface area contributed by atoms with E-state index in [2.05, 4.69) is 4.98 Å². The molecule has 4 heteroatoms. The van der Waals surface area contributed by atoms with Crippen LogP contribution in [0.5, 0.6) is 11.6 Å². The molecular formula is C13H13ClN2O. The van der Waals surface area contributed by atoms with Crippen molar-refractivity contribution in [1.29, 1.82) is 0 Å². The fourth-order valence-corrected chi connectivity index (χ4v) is 1.58. The summed E-state index contributed by atoms with van der Waals surface area (Å²) in [5, 5.41) is 0.559. The van der Waals surface area contributed by atoms with Gasteiger partial charge >= 0.3 is 0 Å². The summed E-state index contributed by atoms with van der Waals surface area (Å²) in [6.07, 6.45) is 1.55. The van der Waals surface area contributed by atoms with Gasteiger partial charge in [0.05, 0.1) is 5.02 Å². The van der Waals surface area contributed by atoms with E-state index in [9.17, 15) is 0 Å². The van der Waals surface area contributed by atoms with Crippen LogP contribution in [-0.4, -0.2) is 4.98 Å². The smallest absolute Gasteiger partial charge is 0.219 e. The fourth-order valence-electron chi connectivity index (χ4n) is 1.40. The number of nitrogens with zero attached hydrogens (tertiary/aromatic N) is 1. The number of aryl methyl sites for hydroxylation is 1. The molecule has 88 valence electrons. The van der Waals surface area contributed by atoms with E-state index in [1.807, 2.05) is 31.2 Å². The maximum Gasteiger partial charge on any atom is 0.219 e. The second-order valence-electron chi connectivity index (χ2n) is 3.73. The predicted octanol–water partition coefficient (Wildman–Crippen LogP) is 3.29. The first kappa shape index (κ1) is 11.9. The molecule has 2 aromatic rings. The van der Waals surface area contributed by atoms with Crippen LogP contribution in [0, 0.1) is 6.92 Å². The number of benzene rings is 1. The van der Waals surface area contributed by atoms with Crippen LogP contribution in [0.4, 0.5) is 0 Å². The van der Waals surface area contributed by atoms with E-state index in [1.54, 1.807) is 12.3 Å². The number of hydrogen-bond acceptors (Lipinski definition) is 3. The zero-order chi connectivity index (χ0) is 12.3. The summed E-state index contributed by atoms with van der Waals surface area (Å²) < 4.78 is 5.61. The van der Waals surface area contributed by atoms with Crippen LogP contribution >= 0.6 is 11.6 Å². The third kappa shape index (κ3) is 2.96. The highest BCUT2D eigenvalue weighted by atomic mass is 35.5. The topological polar surface area (TPSA) is 48.1 Å². The van der Waals surface area contributed by atoms with Gasteiger partial charge in [0.15, 0.2) is 0 Å². The predicted molar refractivity (Wildman–Crippen MR) is 68.4 cm³/mol. The number of pyridine rings is 1. The summed E-state index contributed by atoms with van der Waals surface area (Å²) in [5.41, 5.74) is 7.57. The van der Waals surface area contributed by atoms with E-state index in [0.29, 0.717) is 17.4 Å². The standard InChI is InChI=1S/C13H13ClN2O/c1-9-2-4-11(5-3-9)17-13-6-10(7-15)12(14)8-16-13/h2-6,8H,7,15H2,1H3. The van der Waals surface area contributed by atoms with Crippen LogP contribution in [-0.2, 0) is 6.54 Å². The van der Waals surface area contributed by atoms with Crippen molar-refractivity contribution in [3.63, 3.8) is 0 Å². The van der Waals surface area contributed by atoms with Gasteiger partial charge in [-0.3, -0.25) is 0 Å². The molecule has 3 nitrogen and oxygen atoms in total. The minimum atomic E-state index is 0.367. The van der Waals surface area contributed by atoms with E-state index in [1.165, 1.54) is 5.56 Å². The molecule has 2 rings (SSSR count). The number of rotatable bonds is 3. The molecule has 0 bridgehead atoms. The first-order chi connectivity index (χ1) is 8.19. The van der Waals surface area contributed by atoms with E-state index in [0.717, 1.165) is 11.3 Å². The lowest BCUT2D eigenvalue weighted by Crippen LogP contribution is -1.99. The van der Waals surface area contributed by atoms with Crippen molar-refractivity contribution in [3.05, 3.63) is 52.7 Å². The van der Waals surface area contributed by atoms with Gasteiger partial charge in [-0.1, -0.05) is 29.3 Å². The van der Waals surface area contributed by atoms with Crippen LogP contribution in [0.1, 0.15) is 11.1 Å². The molecule has 0 fully saturated rings. The van der Waals surface area contributed by atoms with Gasteiger partial charge in [-0.2, -0.15) is 0 Å². The van der Waals surface area contributed by atoms with E-state index >= 15 is 0 Å². The van der Waals surface area contributed by atoms with Crippen molar-refractivity contribution >= 4 is 11.6 Å². The zero-order valence-corrected chi connectivity index (χ0v) is 10.2. The van der Waals surface area contributed by atoms with Gasteiger partial charge in [0, 0.05) is 18.8 Å². The Hall–Kier alpha value is -1.58. The fraction of sp³-hybridized carbons (Fsp3) is 0.154. The maximum atomic E-state index is 5.92. The van der Waals surface area contributed by atoms with Crippen LogP contribution in [0.3, 0.4) is 0 Å². The minimum absolute atomic E-state index is 0.367. The number of ether oxygens (including phenoxy) is 1. The third-order valence-electron chi connectivity index (χ3n) is 2.37. The monoisotopic (exact) mass is 248 g/mol. The largest absolute Gasteiger partial charge is 0.439 e. The molecule has 0 saturated carbocycles. The SMILES string of the molecule is Cc1ccc(Oc2cc(CN)c(Cl)cn2)cc1. The normalized spacial score (nSPS) is 10.3. The molecular weight excluding hydrogens is 236 g/mol. The van der Waals surface area contributed by atoms with Gasteiger partial charge in [-0.25, -0.2) is 4.98 Å². The lowest BCUT2D eigenvalue weighted by Gasteiger charge is -2.07. The first-order valence-electron chi connectivity index (χ1n) is 5.28. The lowest BCUT2D eigenvalue weighted by atomic mass is 10.2. The van der Waals surface area contributed by atoms with Crippen molar-refractivity contribution in [1.82, 2.24) is 4.98 Å². The minimum Gasteiger partial charge on any atom is -0.439 e. The molecule has 1 aromatic carbocycles. The number of halogens is 1. The molecule has 1 heterocycles. The molecule has 1 aromatic heterocycles. The Morgan fingerprint density at radius 3 is 2.65 bits per heavy atom. The number of aromatic nitrogens is 1. The summed E-state index contributed by atoms with van der Waals surface area (Å²) in [7, 11) is 0. The molecule has 0 atom stereocenters. The van der Waals surface area contributed by atoms with Crippen LogP contribution in [0.15, 0.2) is 36.5 Å². The van der Waals surface area contributed by atoms with Gasteiger partial charge < -0.3 is 10.5 Å². The van der Waals surface area contributed by atoms with Gasteiger partial charge in [0.2, 0.25) is 5.88 Å². The molecule has 0 spiro atoms. The van der Waals surface area contributed by atoms with Crippen molar-refractivity contribution in [3.8, 4) is 11.6 Å². The molecule has 0 aliphatic carbocycles. The van der Waals surface area contributed by atoms with Gasteiger partial charge in [-0.05, 0) is 24.6 Å². The van der Waals surface area contributed by atoms with Crippen LogP contribution in [0.25, 0.3) is 0 Å². The van der Waals surface area contributed by atoms with Crippen molar-refractivity contribution < 1.29 is 4.74 Å². The summed E-state index contributed by atoms with van der Waals surface area (Å²) in [4.78, 5) is 4.09. The van der Waals surface area contributed by atoms with Gasteiger partial charge in [-0.15, -0.1) is 0 Å².